The topological polar surface area (TPSA) is 60.9 Å². The molecule has 0 aliphatic carbocycles. The molecule has 1 unspecified atom stereocenters. The summed E-state index contributed by atoms with van der Waals surface area (Å²) in [5, 5.41) is 12.0. The van der Waals surface area contributed by atoms with Crippen molar-refractivity contribution in [2.24, 2.45) is 5.92 Å². The Bertz CT molecular complexity index is 247. The maximum Gasteiger partial charge on any atom is 0.0925 e. The van der Waals surface area contributed by atoms with Crippen LogP contribution in [-0.4, -0.2) is 28.2 Å². The molecule has 1 aromatic heterocycles. The summed E-state index contributed by atoms with van der Waals surface area (Å²) in [7, 11) is 0. The van der Waals surface area contributed by atoms with E-state index in [9.17, 15) is 0 Å². The number of aliphatic hydroxyl groups is 1. The molecule has 4 heteroatoms. The van der Waals surface area contributed by atoms with Crippen LogP contribution in [0.2, 0.25) is 0 Å². The minimum Gasteiger partial charge on any atom is -0.396 e. The summed E-state index contributed by atoms with van der Waals surface area (Å²) < 4.78 is 0. The average molecular weight is 183 g/mol. The third kappa shape index (κ3) is 3.16. The Morgan fingerprint density at radius 1 is 1.69 bits per heavy atom. The second kappa shape index (κ2) is 4.99. The fourth-order valence-corrected chi connectivity index (χ4v) is 1.07. The van der Waals surface area contributed by atoms with Crippen LogP contribution in [0.4, 0.5) is 0 Å². The summed E-state index contributed by atoms with van der Waals surface area (Å²) in [6, 6.07) is 0. The molecular formula is C9H17N3O. The Kier molecular flexibility index (Phi) is 3.92. The lowest BCUT2D eigenvalue weighted by atomic mass is 10.2. The summed E-state index contributed by atoms with van der Waals surface area (Å²) in [6.45, 7) is 5.82. The second-order valence-corrected chi connectivity index (χ2v) is 3.39. The van der Waals surface area contributed by atoms with Gasteiger partial charge in [-0.05, 0) is 12.8 Å². The van der Waals surface area contributed by atoms with Crippen molar-refractivity contribution in [3.8, 4) is 0 Å². The standard InChI is InChI=1S/C9H17N3O/c1-7(5-13)3-10-4-9-8(2)11-6-12-9/h6-7,10,13H,3-5H2,1-2H3,(H,11,12). The van der Waals surface area contributed by atoms with Gasteiger partial charge in [-0.2, -0.15) is 0 Å². The van der Waals surface area contributed by atoms with E-state index in [1.807, 2.05) is 13.8 Å². The summed E-state index contributed by atoms with van der Waals surface area (Å²) in [4.78, 5) is 7.18. The molecule has 0 aliphatic heterocycles. The van der Waals surface area contributed by atoms with E-state index in [1.54, 1.807) is 6.33 Å². The molecule has 74 valence electrons. The van der Waals surface area contributed by atoms with Crippen LogP contribution in [0.15, 0.2) is 6.33 Å². The largest absolute Gasteiger partial charge is 0.396 e. The van der Waals surface area contributed by atoms with Crippen molar-refractivity contribution in [2.45, 2.75) is 20.4 Å². The van der Waals surface area contributed by atoms with Gasteiger partial charge in [0.25, 0.3) is 0 Å². The third-order valence-electron chi connectivity index (χ3n) is 2.03. The molecule has 0 fully saturated rings. The first-order valence-corrected chi connectivity index (χ1v) is 4.54. The van der Waals surface area contributed by atoms with Gasteiger partial charge in [0, 0.05) is 25.4 Å². The van der Waals surface area contributed by atoms with Gasteiger partial charge in [-0.15, -0.1) is 0 Å². The van der Waals surface area contributed by atoms with Crippen LogP contribution < -0.4 is 5.32 Å². The van der Waals surface area contributed by atoms with Crippen LogP contribution in [0.1, 0.15) is 18.3 Å². The number of aromatic nitrogens is 2. The predicted molar refractivity (Wildman–Crippen MR) is 51.3 cm³/mol. The monoisotopic (exact) mass is 183 g/mol. The number of aromatic amines is 1. The van der Waals surface area contributed by atoms with Gasteiger partial charge in [-0.25, -0.2) is 4.98 Å². The molecule has 0 saturated heterocycles. The molecule has 13 heavy (non-hydrogen) atoms. The number of rotatable bonds is 5. The third-order valence-corrected chi connectivity index (χ3v) is 2.03. The van der Waals surface area contributed by atoms with Crippen LogP contribution in [-0.2, 0) is 6.54 Å². The first-order valence-electron chi connectivity index (χ1n) is 4.54. The summed E-state index contributed by atoms with van der Waals surface area (Å²) in [5.74, 6) is 0.305. The average Bonchev–Trinajstić information content (AvgIpc) is 2.52. The van der Waals surface area contributed by atoms with Crippen LogP contribution in [0.3, 0.4) is 0 Å². The number of aliphatic hydroxyl groups excluding tert-OH is 1. The van der Waals surface area contributed by atoms with E-state index in [0.29, 0.717) is 5.92 Å². The van der Waals surface area contributed by atoms with Crippen molar-refractivity contribution >= 4 is 0 Å². The second-order valence-electron chi connectivity index (χ2n) is 3.39. The molecule has 0 spiro atoms. The molecule has 0 saturated carbocycles. The quantitative estimate of drug-likeness (QED) is 0.620. The van der Waals surface area contributed by atoms with Crippen LogP contribution in [0.25, 0.3) is 0 Å². The molecule has 0 aromatic carbocycles. The molecule has 3 N–H and O–H groups in total. The van der Waals surface area contributed by atoms with Crippen molar-refractivity contribution in [3.05, 3.63) is 17.7 Å². The minimum atomic E-state index is 0.229. The van der Waals surface area contributed by atoms with Gasteiger partial charge in [0.2, 0.25) is 0 Å². The zero-order valence-corrected chi connectivity index (χ0v) is 8.17. The van der Waals surface area contributed by atoms with Crippen LogP contribution in [0, 0.1) is 12.8 Å². The zero-order chi connectivity index (χ0) is 9.68. The Hall–Kier alpha value is -0.870. The maximum atomic E-state index is 8.78. The Labute approximate surface area is 78.4 Å². The zero-order valence-electron chi connectivity index (χ0n) is 8.17. The molecule has 0 aliphatic rings. The lowest BCUT2D eigenvalue weighted by molar-refractivity contribution is 0.233. The molecule has 0 bridgehead atoms. The smallest absolute Gasteiger partial charge is 0.0925 e. The van der Waals surface area contributed by atoms with Gasteiger partial charge in [0.15, 0.2) is 0 Å². The molecular weight excluding hydrogens is 166 g/mol. The molecule has 1 aromatic rings. The van der Waals surface area contributed by atoms with E-state index in [2.05, 4.69) is 15.3 Å². The Morgan fingerprint density at radius 2 is 2.46 bits per heavy atom. The molecule has 1 rings (SSSR count). The SMILES string of the molecule is Cc1[nH]cnc1CNCC(C)CO. The summed E-state index contributed by atoms with van der Waals surface area (Å²) >= 11 is 0. The van der Waals surface area contributed by atoms with Gasteiger partial charge in [-0.3, -0.25) is 0 Å². The maximum absolute atomic E-state index is 8.78. The highest BCUT2D eigenvalue weighted by atomic mass is 16.3. The number of H-pyrrole nitrogens is 1. The van der Waals surface area contributed by atoms with Crippen LogP contribution in [0.5, 0.6) is 0 Å². The minimum absolute atomic E-state index is 0.229. The van der Waals surface area contributed by atoms with Crippen LogP contribution >= 0.6 is 0 Å². The molecule has 0 amide bonds. The number of hydrogen-bond donors (Lipinski definition) is 3. The first kappa shape index (κ1) is 10.2. The van der Waals surface area contributed by atoms with E-state index in [4.69, 9.17) is 5.11 Å². The number of nitrogens with zero attached hydrogens (tertiary/aromatic N) is 1. The summed E-state index contributed by atoms with van der Waals surface area (Å²) in [5.41, 5.74) is 2.15. The van der Waals surface area contributed by atoms with Gasteiger partial charge < -0.3 is 15.4 Å². The van der Waals surface area contributed by atoms with E-state index in [1.165, 1.54) is 0 Å². The first-order chi connectivity index (χ1) is 6.24. The highest BCUT2D eigenvalue weighted by Crippen LogP contribution is 1.99. The number of hydrogen-bond acceptors (Lipinski definition) is 3. The van der Waals surface area contributed by atoms with Gasteiger partial charge in [-0.1, -0.05) is 6.92 Å². The van der Waals surface area contributed by atoms with Gasteiger partial charge >= 0.3 is 0 Å². The number of imidazole rings is 1. The van der Waals surface area contributed by atoms with Crippen molar-refractivity contribution in [3.63, 3.8) is 0 Å². The molecule has 1 heterocycles. The van der Waals surface area contributed by atoms with Crippen molar-refractivity contribution in [1.29, 1.82) is 0 Å². The number of nitrogens with one attached hydrogen (secondary N) is 2. The molecule has 0 radical (unpaired) electrons. The molecule has 1 atom stereocenters. The van der Waals surface area contributed by atoms with Gasteiger partial charge in [0.1, 0.15) is 0 Å². The van der Waals surface area contributed by atoms with E-state index in [0.717, 1.165) is 24.5 Å². The normalized spacial score (nSPS) is 13.2. The Morgan fingerprint density at radius 3 is 3.00 bits per heavy atom. The highest BCUT2D eigenvalue weighted by molar-refractivity contribution is 5.07. The van der Waals surface area contributed by atoms with Crippen molar-refractivity contribution in [2.75, 3.05) is 13.2 Å². The van der Waals surface area contributed by atoms with Crippen molar-refractivity contribution in [1.82, 2.24) is 15.3 Å². The van der Waals surface area contributed by atoms with E-state index < -0.39 is 0 Å². The number of aryl methyl sites for hydroxylation is 1. The molecule has 4 nitrogen and oxygen atoms in total. The van der Waals surface area contributed by atoms with E-state index in [-0.39, 0.29) is 6.61 Å². The fourth-order valence-electron chi connectivity index (χ4n) is 1.07. The lowest BCUT2D eigenvalue weighted by Gasteiger charge is -2.08. The van der Waals surface area contributed by atoms with Crippen molar-refractivity contribution < 1.29 is 5.11 Å². The van der Waals surface area contributed by atoms with Gasteiger partial charge in [0.05, 0.1) is 12.0 Å². The lowest BCUT2D eigenvalue weighted by Crippen LogP contribution is -2.23. The van der Waals surface area contributed by atoms with E-state index >= 15 is 0 Å². The Balaban J connectivity index is 2.24. The highest BCUT2D eigenvalue weighted by Gasteiger charge is 2.02. The predicted octanol–water partition coefficient (Wildman–Crippen LogP) is 0.436. The fraction of sp³-hybridized carbons (Fsp3) is 0.667. The summed E-state index contributed by atoms with van der Waals surface area (Å²) in [6.07, 6.45) is 1.70.